The van der Waals surface area contributed by atoms with Crippen LogP contribution in [0.3, 0.4) is 0 Å². The van der Waals surface area contributed by atoms with Gasteiger partial charge in [0.25, 0.3) is 0 Å². The third-order valence-electron chi connectivity index (χ3n) is 6.93. The molecule has 218 valence electrons. The SMILES string of the molecule is CCOC(=O)COc1ccc(-c2ccc3c(c2)C[C@@H](N(C[C@H](O)c2cccc(Cl)c2)C(=O)OC(C)(C)C)CC3)cc1. The summed E-state index contributed by atoms with van der Waals surface area (Å²) in [6.07, 6.45) is 0.874. The number of rotatable bonds is 9. The zero-order valence-electron chi connectivity index (χ0n) is 24.1. The van der Waals surface area contributed by atoms with E-state index in [9.17, 15) is 14.7 Å². The molecule has 0 saturated heterocycles. The predicted octanol–water partition coefficient (Wildman–Crippen LogP) is 6.78. The summed E-state index contributed by atoms with van der Waals surface area (Å²) in [5.74, 6) is 0.187. The van der Waals surface area contributed by atoms with E-state index in [0.29, 0.717) is 29.4 Å². The van der Waals surface area contributed by atoms with Gasteiger partial charge in [0.2, 0.25) is 0 Å². The average molecular weight is 580 g/mol. The van der Waals surface area contributed by atoms with E-state index in [4.69, 9.17) is 25.8 Å². The number of halogens is 1. The molecule has 2 atom stereocenters. The molecular formula is C33H38ClNO6. The van der Waals surface area contributed by atoms with Crippen LogP contribution in [0.1, 0.15) is 56.9 Å². The first-order chi connectivity index (χ1) is 19.5. The number of aryl methyl sites for hydroxylation is 1. The standard InChI is InChI=1S/C33H38ClNO6/c1-5-39-31(37)21-40-29-15-12-22(13-16-29)24-10-9-23-11-14-28(19-26(23)17-24)35(32(38)41-33(2,3)4)20-30(36)25-7-6-8-27(34)18-25/h6-10,12-13,15-18,28,30,36H,5,11,14,19-21H2,1-4H3/t28-,30-/m0/s1. The Hall–Kier alpha value is -3.55. The third kappa shape index (κ3) is 8.47. The second kappa shape index (κ2) is 13.4. The Bertz CT molecular complexity index is 1350. The summed E-state index contributed by atoms with van der Waals surface area (Å²) in [7, 11) is 0. The van der Waals surface area contributed by atoms with E-state index in [1.807, 2.05) is 45.0 Å². The minimum atomic E-state index is -0.904. The van der Waals surface area contributed by atoms with E-state index in [0.717, 1.165) is 29.5 Å². The van der Waals surface area contributed by atoms with Gasteiger partial charge in [0.15, 0.2) is 6.61 Å². The van der Waals surface area contributed by atoms with Gasteiger partial charge >= 0.3 is 12.1 Å². The van der Waals surface area contributed by atoms with Crippen LogP contribution in [-0.4, -0.2) is 53.5 Å². The van der Waals surface area contributed by atoms with Gasteiger partial charge in [-0.3, -0.25) is 0 Å². The Labute approximate surface area is 247 Å². The highest BCUT2D eigenvalue weighted by Crippen LogP contribution is 2.32. The average Bonchev–Trinajstić information content (AvgIpc) is 2.93. The molecule has 0 fully saturated rings. The van der Waals surface area contributed by atoms with Gasteiger partial charge in [-0.1, -0.05) is 54.1 Å². The van der Waals surface area contributed by atoms with Crippen LogP contribution in [0.15, 0.2) is 66.7 Å². The highest BCUT2D eigenvalue weighted by atomic mass is 35.5. The minimum Gasteiger partial charge on any atom is -0.482 e. The minimum absolute atomic E-state index is 0.0994. The number of hydrogen-bond donors (Lipinski definition) is 1. The van der Waals surface area contributed by atoms with Gasteiger partial charge in [-0.25, -0.2) is 9.59 Å². The van der Waals surface area contributed by atoms with Gasteiger partial charge in [-0.2, -0.15) is 0 Å². The van der Waals surface area contributed by atoms with E-state index in [1.165, 1.54) is 5.56 Å². The first-order valence-corrected chi connectivity index (χ1v) is 14.3. The number of carbonyl (C=O) groups is 2. The van der Waals surface area contributed by atoms with Gasteiger partial charge in [0, 0.05) is 11.1 Å². The lowest BCUT2D eigenvalue weighted by atomic mass is 9.85. The molecule has 0 heterocycles. The van der Waals surface area contributed by atoms with Crippen molar-refractivity contribution in [3.05, 3.63) is 88.4 Å². The van der Waals surface area contributed by atoms with Crippen molar-refractivity contribution in [1.82, 2.24) is 4.90 Å². The van der Waals surface area contributed by atoms with Crippen molar-refractivity contribution < 1.29 is 28.9 Å². The lowest BCUT2D eigenvalue weighted by Gasteiger charge is -2.37. The topological polar surface area (TPSA) is 85.3 Å². The van der Waals surface area contributed by atoms with Crippen LogP contribution in [0.5, 0.6) is 5.75 Å². The van der Waals surface area contributed by atoms with Crippen molar-refractivity contribution in [2.75, 3.05) is 19.8 Å². The molecule has 0 radical (unpaired) electrons. The number of carbonyl (C=O) groups excluding carboxylic acids is 2. The Morgan fingerprint density at radius 1 is 1.02 bits per heavy atom. The molecule has 8 heteroatoms. The summed E-state index contributed by atoms with van der Waals surface area (Å²) in [5, 5.41) is 11.6. The van der Waals surface area contributed by atoms with Gasteiger partial charge in [0.05, 0.1) is 19.3 Å². The molecule has 0 unspecified atom stereocenters. The molecule has 0 aliphatic heterocycles. The first-order valence-electron chi connectivity index (χ1n) is 14.0. The lowest BCUT2D eigenvalue weighted by Crippen LogP contribution is -2.47. The normalized spacial score (nSPS) is 15.4. The molecule has 7 nitrogen and oxygen atoms in total. The zero-order valence-corrected chi connectivity index (χ0v) is 24.8. The molecule has 3 aromatic carbocycles. The van der Waals surface area contributed by atoms with E-state index in [2.05, 4.69) is 18.2 Å². The summed E-state index contributed by atoms with van der Waals surface area (Å²) in [6.45, 7) is 7.56. The summed E-state index contributed by atoms with van der Waals surface area (Å²) in [5.41, 5.74) is 4.45. The Kier molecular flexibility index (Phi) is 9.94. The fourth-order valence-corrected chi connectivity index (χ4v) is 5.17. The summed E-state index contributed by atoms with van der Waals surface area (Å²) in [6, 6.07) is 20.9. The Morgan fingerprint density at radius 3 is 2.44 bits per heavy atom. The van der Waals surface area contributed by atoms with Gasteiger partial charge in [0.1, 0.15) is 11.4 Å². The Balaban J connectivity index is 1.51. The summed E-state index contributed by atoms with van der Waals surface area (Å²) < 4.78 is 16.2. The van der Waals surface area contributed by atoms with Crippen molar-refractivity contribution in [1.29, 1.82) is 0 Å². The largest absolute Gasteiger partial charge is 0.482 e. The third-order valence-corrected chi connectivity index (χ3v) is 7.17. The maximum atomic E-state index is 13.4. The molecule has 4 rings (SSSR count). The number of hydrogen-bond acceptors (Lipinski definition) is 6. The van der Waals surface area contributed by atoms with Crippen LogP contribution in [-0.2, 0) is 27.1 Å². The van der Waals surface area contributed by atoms with Crippen molar-refractivity contribution in [3.63, 3.8) is 0 Å². The number of esters is 1. The molecule has 3 aromatic rings. The molecule has 1 aliphatic rings. The molecular weight excluding hydrogens is 542 g/mol. The van der Waals surface area contributed by atoms with Gasteiger partial charge in [-0.05, 0) is 99.0 Å². The number of aliphatic hydroxyl groups is 1. The molecule has 0 aromatic heterocycles. The van der Waals surface area contributed by atoms with E-state index in [-0.39, 0.29) is 19.2 Å². The van der Waals surface area contributed by atoms with Crippen LogP contribution in [0.25, 0.3) is 11.1 Å². The van der Waals surface area contributed by atoms with E-state index < -0.39 is 23.8 Å². The maximum Gasteiger partial charge on any atom is 0.410 e. The predicted molar refractivity (Wildman–Crippen MR) is 159 cm³/mol. The second-order valence-corrected chi connectivity index (χ2v) is 11.6. The monoisotopic (exact) mass is 579 g/mol. The number of benzene rings is 3. The Morgan fingerprint density at radius 2 is 1.76 bits per heavy atom. The number of nitrogens with zero attached hydrogens (tertiary/aromatic N) is 1. The van der Waals surface area contributed by atoms with Crippen LogP contribution >= 0.6 is 11.6 Å². The van der Waals surface area contributed by atoms with Crippen molar-refractivity contribution in [3.8, 4) is 16.9 Å². The first kappa shape index (κ1) is 30.4. The molecule has 1 aliphatic carbocycles. The van der Waals surface area contributed by atoms with Crippen molar-refractivity contribution in [2.24, 2.45) is 0 Å². The molecule has 41 heavy (non-hydrogen) atoms. The smallest absolute Gasteiger partial charge is 0.410 e. The molecule has 0 spiro atoms. The summed E-state index contributed by atoms with van der Waals surface area (Å²) in [4.78, 5) is 26.6. The zero-order chi connectivity index (χ0) is 29.6. The van der Waals surface area contributed by atoms with Crippen LogP contribution < -0.4 is 4.74 Å². The van der Waals surface area contributed by atoms with Crippen LogP contribution in [0.2, 0.25) is 5.02 Å². The van der Waals surface area contributed by atoms with Gasteiger partial charge < -0.3 is 24.2 Å². The van der Waals surface area contributed by atoms with E-state index in [1.54, 1.807) is 36.1 Å². The quantitative estimate of drug-likeness (QED) is 0.281. The molecule has 1 amide bonds. The highest BCUT2D eigenvalue weighted by Gasteiger charge is 2.33. The van der Waals surface area contributed by atoms with Crippen LogP contribution in [0.4, 0.5) is 4.79 Å². The summed E-state index contributed by atoms with van der Waals surface area (Å²) >= 11 is 6.15. The number of aliphatic hydroxyl groups excluding tert-OH is 1. The highest BCUT2D eigenvalue weighted by molar-refractivity contribution is 6.30. The molecule has 0 saturated carbocycles. The van der Waals surface area contributed by atoms with Crippen LogP contribution in [0, 0.1) is 0 Å². The lowest BCUT2D eigenvalue weighted by molar-refractivity contribution is -0.145. The molecule has 0 bridgehead atoms. The fourth-order valence-electron chi connectivity index (χ4n) is 4.97. The number of amides is 1. The van der Waals surface area contributed by atoms with E-state index >= 15 is 0 Å². The van der Waals surface area contributed by atoms with Crippen molar-refractivity contribution in [2.45, 2.75) is 64.7 Å². The van der Waals surface area contributed by atoms with Gasteiger partial charge in [-0.15, -0.1) is 0 Å². The number of fused-ring (bicyclic) bond motifs is 1. The van der Waals surface area contributed by atoms with Crippen molar-refractivity contribution >= 4 is 23.7 Å². The maximum absolute atomic E-state index is 13.4. The fraction of sp³-hybridized carbons (Fsp3) is 0.394. The molecule has 1 N–H and O–H groups in total. The second-order valence-electron chi connectivity index (χ2n) is 11.2. The number of ether oxygens (including phenoxy) is 3.